The molecule has 7 nitrogen and oxygen atoms in total. The second-order valence-electron chi connectivity index (χ2n) is 10.1. The minimum absolute atomic E-state index is 0.00575. The Morgan fingerprint density at radius 3 is 2.20 bits per heavy atom. The summed E-state index contributed by atoms with van der Waals surface area (Å²) in [5.74, 6) is -0.844. The lowest BCUT2D eigenvalue weighted by molar-refractivity contribution is -0.139. The van der Waals surface area contributed by atoms with Crippen LogP contribution in [0.3, 0.4) is 0 Å². The molecule has 1 N–H and O–H groups in total. The van der Waals surface area contributed by atoms with E-state index in [0.717, 1.165) is 42.0 Å². The van der Waals surface area contributed by atoms with Crippen molar-refractivity contribution >= 4 is 62.3 Å². The number of carbonyl (C=O) groups excluding carboxylic acids is 2. The number of hydrogen-bond acceptors (Lipinski definition) is 4. The molecule has 1 fully saturated rings. The summed E-state index contributed by atoms with van der Waals surface area (Å²) < 4.78 is 28.7. The lowest BCUT2D eigenvalue weighted by Gasteiger charge is -2.33. The summed E-state index contributed by atoms with van der Waals surface area (Å²) in [5.41, 5.74) is 0.912. The molecule has 41 heavy (non-hydrogen) atoms. The van der Waals surface area contributed by atoms with Gasteiger partial charge in [-0.3, -0.25) is 13.9 Å². The van der Waals surface area contributed by atoms with Crippen LogP contribution in [-0.4, -0.2) is 43.8 Å². The standard InChI is InChI=1S/C30H32Cl3N3O4S/c1-21(30(38)34-24-8-4-2-5-9-24)35(19-22-12-14-23(31)15-13-22)29(37)20-36(25-16-17-27(32)28(33)18-25)41(39,40)26-10-6-3-7-11-26/h3,6-7,10-18,21,24H,2,4-5,8-9,19-20H2,1H3,(H,34,38). The normalized spacial score (nSPS) is 14.7. The van der Waals surface area contributed by atoms with Gasteiger partial charge >= 0.3 is 0 Å². The van der Waals surface area contributed by atoms with Crippen molar-refractivity contribution in [2.75, 3.05) is 10.8 Å². The molecular formula is C30H32Cl3N3O4S. The number of benzene rings is 3. The van der Waals surface area contributed by atoms with Crippen molar-refractivity contribution in [3.8, 4) is 0 Å². The van der Waals surface area contributed by atoms with Crippen molar-refractivity contribution in [3.05, 3.63) is 93.4 Å². The van der Waals surface area contributed by atoms with Gasteiger partial charge in [0.15, 0.2) is 0 Å². The molecule has 218 valence electrons. The van der Waals surface area contributed by atoms with Gasteiger partial charge in [0.05, 0.1) is 20.6 Å². The molecule has 1 aliphatic carbocycles. The Morgan fingerprint density at radius 2 is 1.56 bits per heavy atom. The van der Waals surface area contributed by atoms with Gasteiger partial charge in [0.1, 0.15) is 12.6 Å². The summed E-state index contributed by atoms with van der Waals surface area (Å²) >= 11 is 18.4. The van der Waals surface area contributed by atoms with E-state index in [1.165, 1.54) is 35.2 Å². The summed E-state index contributed by atoms with van der Waals surface area (Å²) in [4.78, 5) is 28.8. The Bertz CT molecular complexity index is 1460. The first-order chi connectivity index (χ1) is 19.6. The van der Waals surface area contributed by atoms with E-state index in [2.05, 4.69) is 5.32 Å². The lowest BCUT2D eigenvalue weighted by atomic mass is 9.95. The van der Waals surface area contributed by atoms with E-state index in [9.17, 15) is 18.0 Å². The van der Waals surface area contributed by atoms with Crippen LogP contribution in [-0.2, 0) is 26.2 Å². The zero-order chi connectivity index (χ0) is 29.6. The van der Waals surface area contributed by atoms with Gasteiger partial charge in [0.2, 0.25) is 11.8 Å². The molecule has 0 aromatic heterocycles. The van der Waals surface area contributed by atoms with Gasteiger partial charge in [-0.05, 0) is 67.8 Å². The quantitative estimate of drug-likeness (QED) is 0.268. The van der Waals surface area contributed by atoms with Crippen molar-refractivity contribution in [2.24, 2.45) is 0 Å². The van der Waals surface area contributed by atoms with Crippen LogP contribution in [0.15, 0.2) is 77.7 Å². The average molecular weight is 637 g/mol. The number of nitrogens with one attached hydrogen (secondary N) is 1. The Balaban J connectivity index is 1.68. The summed E-state index contributed by atoms with van der Waals surface area (Å²) in [6.45, 7) is 1.17. The largest absolute Gasteiger partial charge is 0.352 e. The van der Waals surface area contributed by atoms with Gasteiger partial charge in [-0.25, -0.2) is 8.42 Å². The van der Waals surface area contributed by atoms with E-state index in [4.69, 9.17) is 34.8 Å². The van der Waals surface area contributed by atoms with Gasteiger partial charge in [0.25, 0.3) is 10.0 Å². The molecule has 0 spiro atoms. The van der Waals surface area contributed by atoms with Crippen molar-refractivity contribution < 1.29 is 18.0 Å². The van der Waals surface area contributed by atoms with Gasteiger partial charge in [0, 0.05) is 17.6 Å². The van der Waals surface area contributed by atoms with E-state index in [0.29, 0.717) is 5.02 Å². The average Bonchev–Trinajstić information content (AvgIpc) is 2.97. The van der Waals surface area contributed by atoms with Crippen molar-refractivity contribution in [1.29, 1.82) is 0 Å². The minimum Gasteiger partial charge on any atom is -0.352 e. The van der Waals surface area contributed by atoms with Crippen LogP contribution in [0.25, 0.3) is 0 Å². The lowest BCUT2D eigenvalue weighted by Crippen LogP contribution is -2.53. The van der Waals surface area contributed by atoms with Crippen LogP contribution in [0, 0.1) is 0 Å². The summed E-state index contributed by atoms with van der Waals surface area (Å²) in [6.07, 6.45) is 5.02. The molecule has 0 aliphatic heterocycles. The fraction of sp³-hybridized carbons (Fsp3) is 0.333. The van der Waals surface area contributed by atoms with Crippen molar-refractivity contribution in [3.63, 3.8) is 0 Å². The SMILES string of the molecule is CC(C(=O)NC1CCCCC1)N(Cc1ccc(Cl)cc1)C(=O)CN(c1ccc(Cl)c(Cl)c1)S(=O)(=O)c1ccccc1. The summed E-state index contributed by atoms with van der Waals surface area (Å²) in [5, 5.41) is 4.01. The maximum absolute atomic E-state index is 14.0. The Kier molecular flexibility index (Phi) is 10.6. The van der Waals surface area contributed by atoms with Gasteiger partial charge in [-0.15, -0.1) is 0 Å². The smallest absolute Gasteiger partial charge is 0.264 e. The highest BCUT2D eigenvalue weighted by molar-refractivity contribution is 7.92. The van der Waals surface area contributed by atoms with Crippen LogP contribution < -0.4 is 9.62 Å². The van der Waals surface area contributed by atoms with Crippen LogP contribution in [0.4, 0.5) is 5.69 Å². The zero-order valence-electron chi connectivity index (χ0n) is 22.6. The van der Waals surface area contributed by atoms with Crippen molar-refractivity contribution in [2.45, 2.75) is 62.6 Å². The fourth-order valence-electron chi connectivity index (χ4n) is 4.83. The van der Waals surface area contributed by atoms with E-state index >= 15 is 0 Å². The molecule has 1 unspecified atom stereocenters. The molecule has 0 bridgehead atoms. The first-order valence-corrected chi connectivity index (χ1v) is 16.0. The van der Waals surface area contributed by atoms with E-state index < -0.39 is 28.5 Å². The highest BCUT2D eigenvalue weighted by Crippen LogP contribution is 2.31. The summed E-state index contributed by atoms with van der Waals surface area (Å²) in [7, 11) is -4.19. The predicted molar refractivity (Wildman–Crippen MR) is 164 cm³/mol. The highest BCUT2D eigenvalue weighted by atomic mass is 35.5. The number of nitrogens with zero attached hydrogens (tertiary/aromatic N) is 2. The second kappa shape index (κ2) is 13.9. The maximum atomic E-state index is 14.0. The first-order valence-electron chi connectivity index (χ1n) is 13.4. The molecule has 0 saturated heterocycles. The molecule has 11 heteroatoms. The fourth-order valence-corrected chi connectivity index (χ4v) is 6.67. The highest BCUT2D eigenvalue weighted by Gasteiger charge is 2.33. The van der Waals surface area contributed by atoms with Crippen LogP contribution in [0.5, 0.6) is 0 Å². The van der Waals surface area contributed by atoms with E-state index in [1.807, 2.05) is 0 Å². The summed E-state index contributed by atoms with van der Waals surface area (Å²) in [6, 6.07) is 18.3. The second-order valence-corrected chi connectivity index (χ2v) is 13.2. The van der Waals surface area contributed by atoms with E-state index in [1.54, 1.807) is 49.4 Å². The molecule has 4 rings (SSSR count). The third kappa shape index (κ3) is 7.95. The molecule has 1 atom stereocenters. The van der Waals surface area contributed by atoms with Crippen LogP contribution in [0.2, 0.25) is 15.1 Å². The Hall–Kier alpha value is -2.78. The number of carbonyl (C=O) groups is 2. The Labute approximate surface area is 256 Å². The third-order valence-electron chi connectivity index (χ3n) is 7.19. The number of halogens is 3. The molecule has 1 aliphatic rings. The number of amides is 2. The molecule has 1 saturated carbocycles. The monoisotopic (exact) mass is 635 g/mol. The van der Waals surface area contributed by atoms with Gasteiger partial charge in [-0.2, -0.15) is 0 Å². The van der Waals surface area contributed by atoms with Crippen LogP contribution in [0.1, 0.15) is 44.6 Å². The number of hydrogen-bond donors (Lipinski definition) is 1. The van der Waals surface area contributed by atoms with Gasteiger partial charge in [-0.1, -0.05) is 84.4 Å². The van der Waals surface area contributed by atoms with E-state index in [-0.39, 0.29) is 39.1 Å². The topological polar surface area (TPSA) is 86.8 Å². The third-order valence-corrected chi connectivity index (χ3v) is 9.97. The van der Waals surface area contributed by atoms with Crippen LogP contribution >= 0.6 is 34.8 Å². The minimum atomic E-state index is -4.19. The number of sulfonamides is 1. The molecule has 3 aromatic carbocycles. The number of rotatable bonds is 10. The van der Waals surface area contributed by atoms with Gasteiger partial charge < -0.3 is 10.2 Å². The Morgan fingerprint density at radius 1 is 0.902 bits per heavy atom. The zero-order valence-corrected chi connectivity index (χ0v) is 25.7. The van der Waals surface area contributed by atoms with Crippen molar-refractivity contribution in [1.82, 2.24) is 10.2 Å². The first kappa shape index (κ1) is 31.2. The molecule has 3 aromatic rings. The molecule has 0 radical (unpaired) electrons. The molecular weight excluding hydrogens is 605 g/mol. The maximum Gasteiger partial charge on any atom is 0.264 e. The molecule has 0 heterocycles. The molecule has 2 amide bonds. The predicted octanol–water partition coefficient (Wildman–Crippen LogP) is 6.71. The number of anilines is 1.